The van der Waals surface area contributed by atoms with Gasteiger partial charge < -0.3 is 18.9 Å². The van der Waals surface area contributed by atoms with Crippen LogP contribution in [0.1, 0.15) is 36.5 Å². The van der Waals surface area contributed by atoms with E-state index in [0.717, 1.165) is 34.5 Å². The van der Waals surface area contributed by atoms with Gasteiger partial charge in [-0.2, -0.15) is 0 Å². The second-order valence-corrected chi connectivity index (χ2v) is 16.0. The first-order chi connectivity index (χ1) is 20.2. The standard InChI is InChI=1S/C34H41FN2O4Si/c1-24-31(17-16-25-10-9-15-29(18-25)37(23-39)28-13-5-4-6-14-28)41-32(34(24)42(2,3)35)20-33(40)36-21-27-12-8-7-11-26(27)19-30(36)22-38/h4-15,18,23-24,30-32,34,38H,16-17,19-22H2,1-3H3/t24-,30-,31+,32-,34+/m0/s1. The average Bonchev–Trinajstić information content (AvgIpc) is 3.31. The van der Waals surface area contributed by atoms with Gasteiger partial charge in [0.2, 0.25) is 20.7 Å². The molecule has 222 valence electrons. The fourth-order valence-electron chi connectivity index (χ4n) is 6.94. The summed E-state index contributed by atoms with van der Waals surface area (Å²) in [6, 6.07) is 25.1. The number of para-hydroxylation sites is 1. The molecule has 1 fully saturated rings. The molecule has 0 aliphatic carbocycles. The van der Waals surface area contributed by atoms with Crippen LogP contribution in [0.15, 0.2) is 78.9 Å². The molecule has 2 amide bonds. The van der Waals surface area contributed by atoms with Crippen molar-refractivity contribution in [2.75, 3.05) is 11.5 Å². The van der Waals surface area contributed by atoms with E-state index in [4.69, 9.17) is 4.74 Å². The summed E-state index contributed by atoms with van der Waals surface area (Å²) in [6.45, 7) is 5.83. The third kappa shape index (κ3) is 6.51. The number of aliphatic hydroxyl groups is 1. The van der Waals surface area contributed by atoms with Gasteiger partial charge in [0.15, 0.2) is 0 Å². The summed E-state index contributed by atoms with van der Waals surface area (Å²) in [5.41, 5.74) is 4.60. The second-order valence-electron chi connectivity index (χ2n) is 12.2. The number of halogens is 1. The number of carbonyl (C=O) groups excluding carboxylic acids is 2. The van der Waals surface area contributed by atoms with E-state index in [1.807, 2.05) is 78.9 Å². The maximum Gasteiger partial charge on any atom is 0.246 e. The van der Waals surface area contributed by atoms with E-state index < -0.39 is 14.5 Å². The lowest BCUT2D eigenvalue weighted by atomic mass is 9.93. The van der Waals surface area contributed by atoms with Gasteiger partial charge in [-0.15, -0.1) is 0 Å². The van der Waals surface area contributed by atoms with Gasteiger partial charge in [0.05, 0.1) is 31.3 Å². The van der Waals surface area contributed by atoms with Crippen LogP contribution in [0.3, 0.4) is 0 Å². The van der Waals surface area contributed by atoms with Gasteiger partial charge in [0.25, 0.3) is 0 Å². The average molecular weight is 589 g/mol. The number of ether oxygens (including phenoxy) is 1. The van der Waals surface area contributed by atoms with Gasteiger partial charge in [-0.1, -0.05) is 61.5 Å². The molecule has 42 heavy (non-hydrogen) atoms. The molecule has 0 saturated carbocycles. The van der Waals surface area contributed by atoms with Crippen LogP contribution < -0.4 is 4.90 Å². The lowest BCUT2D eigenvalue weighted by Crippen LogP contribution is -2.48. The Labute approximate surface area is 249 Å². The second kappa shape index (κ2) is 12.9. The van der Waals surface area contributed by atoms with Gasteiger partial charge >= 0.3 is 0 Å². The summed E-state index contributed by atoms with van der Waals surface area (Å²) in [4.78, 5) is 28.9. The Hall–Kier alpha value is -3.33. The number of amides is 2. The molecule has 2 aliphatic heterocycles. The fraction of sp³-hybridized carbons (Fsp3) is 0.412. The smallest absolute Gasteiger partial charge is 0.246 e. The van der Waals surface area contributed by atoms with Crippen LogP contribution in [0, 0.1) is 5.92 Å². The predicted molar refractivity (Wildman–Crippen MR) is 166 cm³/mol. The summed E-state index contributed by atoms with van der Waals surface area (Å²) < 4.78 is 22.3. The highest BCUT2D eigenvalue weighted by Gasteiger charge is 2.52. The van der Waals surface area contributed by atoms with Crippen LogP contribution in [0.4, 0.5) is 15.5 Å². The van der Waals surface area contributed by atoms with E-state index in [9.17, 15) is 14.7 Å². The molecule has 1 N–H and O–H groups in total. The molecule has 0 spiro atoms. The summed E-state index contributed by atoms with van der Waals surface area (Å²) in [5.74, 6) is -0.114. The largest absolute Gasteiger partial charge is 0.394 e. The molecule has 0 radical (unpaired) electrons. The molecule has 8 heteroatoms. The number of hydrogen-bond donors (Lipinski definition) is 1. The van der Waals surface area contributed by atoms with Gasteiger partial charge in [-0.3, -0.25) is 14.5 Å². The van der Waals surface area contributed by atoms with Crippen molar-refractivity contribution >= 4 is 32.1 Å². The van der Waals surface area contributed by atoms with Crippen LogP contribution in [-0.2, 0) is 33.7 Å². The molecule has 0 aromatic heterocycles. The van der Waals surface area contributed by atoms with Crippen LogP contribution in [0.5, 0.6) is 0 Å². The van der Waals surface area contributed by atoms with Crippen LogP contribution in [0.2, 0.25) is 18.6 Å². The molecule has 3 aromatic carbocycles. The number of anilines is 2. The molecular weight excluding hydrogens is 547 g/mol. The molecule has 0 unspecified atom stereocenters. The highest BCUT2D eigenvalue weighted by molar-refractivity contribution is 6.72. The Morgan fingerprint density at radius 1 is 1.02 bits per heavy atom. The minimum atomic E-state index is -3.16. The van der Waals surface area contributed by atoms with Crippen molar-refractivity contribution in [1.29, 1.82) is 0 Å². The number of aryl methyl sites for hydroxylation is 1. The topological polar surface area (TPSA) is 70.1 Å². The first-order valence-corrected chi connectivity index (χ1v) is 17.8. The number of aliphatic hydroxyl groups excluding tert-OH is 1. The maximum absolute atomic E-state index is 15.8. The zero-order chi connectivity index (χ0) is 29.9. The van der Waals surface area contributed by atoms with Crippen molar-refractivity contribution in [2.45, 2.75) is 76.0 Å². The normalized spacial score (nSPS) is 23.8. The SMILES string of the molecule is C[C@@H]1[C@@H]([Si](C)(C)F)[C@H](CC(=O)N2Cc3ccccc3C[C@H]2CO)O[C@@H]1CCc1cccc(N(C=O)c2ccccc2)c1. The number of benzene rings is 3. The lowest BCUT2D eigenvalue weighted by Gasteiger charge is -2.37. The Morgan fingerprint density at radius 3 is 2.40 bits per heavy atom. The fourth-order valence-corrected chi connectivity index (χ4v) is 9.48. The number of fused-ring (bicyclic) bond motifs is 1. The Balaban J connectivity index is 1.28. The van der Waals surface area contributed by atoms with Gasteiger partial charge in [0.1, 0.15) is 0 Å². The summed E-state index contributed by atoms with van der Waals surface area (Å²) in [7, 11) is -3.16. The van der Waals surface area contributed by atoms with Crippen molar-refractivity contribution in [2.24, 2.45) is 5.92 Å². The van der Waals surface area contributed by atoms with Crippen LogP contribution in [0.25, 0.3) is 0 Å². The molecule has 5 atom stereocenters. The van der Waals surface area contributed by atoms with E-state index >= 15 is 4.11 Å². The third-order valence-electron chi connectivity index (χ3n) is 9.00. The maximum atomic E-state index is 15.8. The monoisotopic (exact) mass is 588 g/mol. The van der Waals surface area contributed by atoms with Crippen molar-refractivity contribution in [3.8, 4) is 0 Å². The molecule has 0 bridgehead atoms. The molecule has 3 aromatic rings. The molecule has 2 heterocycles. The van der Waals surface area contributed by atoms with Gasteiger partial charge in [-0.05, 0) is 79.2 Å². The Bertz CT molecular complexity index is 1380. The highest BCUT2D eigenvalue weighted by Crippen LogP contribution is 2.47. The number of rotatable bonds is 10. The molecule has 5 rings (SSSR count). The van der Waals surface area contributed by atoms with E-state index in [0.29, 0.717) is 25.8 Å². The molecular formula is C34H41FN2O4Si. The van der Waals surface area contributed by atoms with Crippen molar-refractivity contribution < 1.29 is 23.5 Å². The minimum absolute atomic E-state index is 0.0239. The van der Waals surface area contributed by atoms with E-state index in [1.165, 1.54) is 0 Å². The van der Waals surface area contributed by atoms with Crippen LogP contribution in [-0.4, -0.2) is 55.6 Å². The quantitative estimate of drug-likeness (QED) is 0.174. The summed E-state index contributed by atoms with van der Waals surface area (Å²) in [6.07, 6.45) is 2.28. The first-order valence-electron chi connectivity index (χ1n) is 14.9. The Kier molecular flexibility index (Phi) is 9.25. The van der Waals surface area contributed by atoms with E-state index in [2.05, 4.69) is 6.92 Å². The molecule has 1 saturated heterocycles. The molecule has 6 nitrogen and oxygen atoms in total. The highest BCUT2D eigenvalue weighted by atomic mass is 28.4. The van der Waals surface area contributed by atoms with Crippen molar-refractivity contribution in [1.82, 2.24) is 4.90 Å². The van der Waals surface area contributed by atoms with Crippen molar-refractivity contribution in [3.63, 3.8) is 0 Å². The number of hydrogen-bond acceptors (Lipinski definition) is 4. The zero-order valence-electron chi connectivity index (χ0n) is 24.7. The first kappa shape index (κ1) is 30.1. The summed E-state index contributed by atoms with van der Waals surface area (Å²) in [5, 5.41) is 10.1. The minimum Gasteiger partial charge on any atom is -0.394 e. The number of nitrogens with zero attached hydrogens (tertiary/aromatic N) is 2. The third-order valence-corrected chi connectivity index (χ3v) is 11.5. The summed E-state index contributed by atoms with van der Waals surface area (Å²) >= 11 is 0. The van der Waals surface area contributed by atoms with Crippen molar-refractivity contribution in [3.05, 3.63) is 95.6 Å². The molecule has 2 aliphatic rings. The van der Waals surface area contributed by atoms with Gasteiger partial charge in [0, 0.05) is 23.5 Å². The van der Waals surface area contributed by atoms with Gasteiger partial charge in [-0.25, -0.2) is 0 Å². The van der Waals surface area contributed by atoms with Crippen LogP contribution >= 0.6 is 0 Å². The zero-order valence-corrected chi connectivity index (χ0v) is 25.7. The van der Waals surface area contributed by atoms with E-state index in [-0.39, 0.29) is 42.5 Å². The number of carbonyl (C=O) groups is 2. The predicted octanol–water partition coefficient (Wildman–Crippen LogP) is 6.20. The Morgan fingerprint density at radius 2 is 1.71 bits per heavy atom. The lowest BCUT2D eigenvalue weighted by molar-refractivity contribution is -0.138. The van der Waals surface area contributed by atoms with E-state index in [1.54, 1.807) is 22.9 Å².